The van der Waals surface area contributed by atoms with Gasteiger partial charge in [0, 0.05) is 30.4 Å². The summed E-state index contributed by atoms with van der Waals surface area (Å²) < 4.78 is 7.79. The molecule has 0 bridgehead atoms. The number of fused-ring (bicyclic) bond motifs is 1. The van der Waals surface area contributed by atoms with Crippen LogP contribution in [0.15, 0.2) is 42.9 Å². The number of pyridine rings is 1. The standard InChI is InChI=1S/C24H28N6O/c1-15(2)21-22(18-7-5-17(6-8-18)20-13-29(4)9-10-31-20)27-28-23(21)19-11-16(3)24-25-14-26-30(24)12-19/h5-8,11-12,14-15,20H,9-10,13H2,1-4H3,(H,27,28). The molecule has 0 radical (unpaired) electrons. The summed E-state index contributed by atoms with van der Waals surface area (Å²) in [4.78, 5) is 6.64. The minimum Gasteiger partial charge on any atom is -0.371 e. The zero-order chi connectivity index (χ0) is 21.5. The van der Waals surface area contributed by atoms with E-state index < -0.39 is 0 Å². The van der Waals surface area contributed by atoms with Gasteiger partial charge in [0.15, 0.2) is 5.65 Å². The molecule has 31 heavy (non-hydrogen) atoms. The summed E-state index contributed by atoms with van der Waals surface area (Å²) in [5, 5.41) is 12.3. The van der Waals surface area contributed by atoms with Gasteiger partial charge in [0.25, 0.3) is 0 Å². The molecule has 0 amide bonds. The van der Waals surface area contributed by atoms with Crippen molar-refractivity contribution < 1.29 is 4.74 Å². The van der Waals surface area contributed by atoms with Crippen LogP contribution < -0.4 is 0 Å². The predicted octanol–water partition coefficient (Wildman–Crippen LogP) is 4.22. The molecule has 3 aromatic heterocycles. The van der Waals surface area contributed by atoms with Crippen LogP contribution in [0.4, 0.5) is 0 Å². The number of aryl methyl sites for hydroxylation is 1. The lowest BCUT2D eigenvalue weighted by molar-refractivity contribution is -0.0208. The van der Waals surface area contributed by atoms with Crippen molar-refractivity contribution >= 4 is 5.65 Å². The number of H-pyrrole nitrogens is 1. The van der Waals surface area contributed by atoms with Crippen LogP contribution in [0.3, 0.4) is 0 Å². The quantitative estimate of drug-likeness (QED) is 0.539. The van der Waals surface area contributed by atoms with E-state index in [1.165, 1.54) is 11.1 Å². The number of ether oxygens (including phenoxy) is 1. The molecule has 0 spiro atoms. The van der Waals surface area contributed by atoms with Crippen LogP contribution in [0.5, 0.6) is 0 Å². The Kier molecular flexibility index (Phi) is 5.08. The lowest BCUT2D eigenvalue weighted by Crippen LogP contribution is -2.35. The van der Waals surface area contributed by atoms with E-state index >= 15 is 0 Å². The normalized spacial score (nSPS) is 17.6. The summed E-state index contributed by atoms with van der Waals surface area (Å²) in [5.41, 5.74) is 8.58. The van der Waals surface area contributed by atoms with E-state index in [0.29, 0.717) is 5.92 Å². The summed E-state index contributed by atoms with van der Waals surface area (Å²) in [7, 11) is 2.14. The Morgan fingerprint density at radius 1 is 1.16 bits per heavy atom. The molecule has 7 heteroatoms. The molecule has 1 fully saturated rings. The van der Waals surface area contributed by atoms with Crippen LogP contribution in [-0.4, -0.2) is 56.4 Å². The second kappa shape index (κ2) is 7.90. The maximum Gasteiger partial charge on any atom is 0.158 e. The van der Waals surface area contributed by atoms with Crippen LogP contribution in [0.2, 0.25) is 0 Å². The molecule has 4 heterocycles. The molecule has 1 aromatic carbocycles. The molecule has 0 saturated carbocycles. The number of likely N-dealkylation sites (N-methyl/N-ethyl adjacent to an activating group) is 1. The van der Waals surface area contributed by atoms with Crippen molar-refractivity contribution in [3.63, 3.8) is 0 Å². The Balaban J connectivity index is 1.52. The molecule has 1 aliphatic heterocycles. The first kappa shape index (κ1) is 19.9. The molecule has 5 rings (SSSR count). The fourth-order valence-electron chi connectivity index (χ4n) is 4.42. The molecular weight excluding hydrogens is 388 g/mol. The fraction of sp³-hybridized carbons (Fsp3) is 0.375. The molecule has 7 nitrogen and oxygen atoms in total. The van der Waals surface area contributed by atoms with Crippen LogP contribution in [0.25, 0.3) is 28.2 Å². The maximum absolute atomic E-state index is 5.97. The number of morpholine rings is 1. The van der Waals surface area contributed by atoms with Gasteiger partial charge in [-0.05, 0) is 42.6 Å². The number of nitrogens with one attached hydrogen (secondary N) is 1. The zero-order valence-electron chi connectivity index (χ0n) is 18.5. The van der Waals surface area contributed by atoms with Gasteiger partial charge in [-0.2, -0.15) is 10.2 Å². The second-order valence-corrected chi connectivity index (χ2v) is 8.70. The number of aromatic nitrogens is 5. The van der Waals surface area contributed by atoms with E-state index in [-0.39, 0.29) is 6.10 Å². The number of rotatable bonds is 4. The van der Waals surface area contributed by atoms with Crippen LogP contribution in [0, 0.1) is 6.92 Å². The highest BCUT2D eigenvalue weighted by molar-refractivity contribution is 5.75. The molecule has 160 valence electrons. The van der Waals surface area contributed by atoms with Gasteiger partial charge in [-0.1, -0.05) is 38.1 Å². The van der Waals surface area contributed by atoms with Crippen molar-refractivity contribution in [2.24, 2.45) is 0 Å². The van der Waals surface area contributed by atoms with Crippen molar-refractivity contribution in [3.05, 3.63) is 59.5 Å². The maximum atomic E-state index is 5.97. The van der Waals surface area contributed by atoms with Gasteiger partial charge in [0.1, 0.15) is 6.33 Å². The number of nitrogens with zero attached hydrogens (tertiary/aromatic N) is 5. The van der Waals surface area contributed by atoms with Crippen LogP contribution in [-0.2, 0) is 4.74 Å². The van der Waals surface area contributed by atoms with Gasteiger partial charge in [-0.25, -0.2) is 9.50 Å². The average Bonchev–Trinajstić information content (AvgIpc) is 3.41. The Labute approximate surface area is 182 Å². The van der Waals surface area contributed by atoms with Gasteiger partial charge in [-0.3, -0.25) is 5.10 Å². The fourth-order valence-corrected chi connectivity index (χ4v) is 4.42. The monoisotopic (exact) mass is 416 g/mol. The Hall–Kier alpha value is -3.03. The molecule has 1 saturated heterocycles. The van der Waals surface area contributed by atoms with Crippen molar-refractivity contribution in [2.45, 2.75) is 32.8 Å². The van der Waals surface area contributed by atoms with Crippen molar-refractivity contribution in [2.75, 3.05) is 26.7 Å². The Bertz CT molecular complexity index is 1210. The number of hydrogen-bond donors (Lipinski definition) is 1. The Morgan fingerprint density at radius 2 is 1.97 bits per heavy atom. The summed E-state index contributed by atoms with van der Waals surface area (Å²) in [5.74, 6) is 0.311. The third-order valence-corrected chi connectivity index (χ3v) is 6.05. The highest BCUT2D eigenvalue weighted by Crippen LogP contribution is 2.36. The summed E-state index contributed by atoms with van der Waals surface area (Å²) in [6.45, 7) is 9.16. The molecule has 1 unspecified atom stereocenters. The van der Waals surface area contributed by atoms with Crippen molar-refractivity contribution in [1.29, 1.82) is 0 Å². The average molecular weight is 417 g/mol. The number of aromatic amines is 1. The largest absolute Gasteiger partial charge is 0.371 e. The molecular formula is C24H28N6O. The molecule has 0 aliphatic carbocycles. The molecule has 4 aromatic rings. The van der Waals surface area contributed by atoms with Gasteiger partial charge in [0.2, 0.25) is 0 Å². The smallest absolute Gasteiger partial charge is 0.158 e. The summed E-state index contributed by atoms with van der Waals surface area (Å²) >= 11 is 0. The molecule has 1 N–H and O–H groups in total. The van der Waals surface area contributed by atoms with Crippen LogP contribution in [0.1, 0.15) is 42.6 Å². The van der Waals surface area contributed by atoms with Gasteiger partial charge < -0.3 is 9.64 Å². The third-order valence-electron chi connectivity index (χ3n) is 6.05. The van der Waals surface area contributed by atoms with E-state index in [9.17, 15) is 0 Å². The van der Waals surface area contributed by atoms with Gasteiger partial charge in [0.05, 0.1) is 24.1 Å². The first-order valence-corrected chi connectivity index (χ1v) is 10.8. The number of hydrogen-bond acceptors (Lipinski definition) is 5. The van der Waals surface area contributed by atoms with E-state index in [0.717, 1.165) is 53.4 Å². The number of benzene rings is 1. The van der Waals surface area contributed by atoms with Crippen LogP contribution >= 0.6 is 0 Å². The first-order valence-electron chi connectivity index (χ1n) is 10.8. The highest BCUT2D eigenvalue weighted by atomic mass is 16.5. The molecule has 1 atom stereocenters. The minimum atomic E-state index is 0.132. The van der Waals surface area contributed by atoms with E-state index in [1.54, 1.807) is 6.33 Å². The van der Waals surface area contributed by atoms with E-state index in [2.05, 4.69) is 78.2 Å². The lowest BCUT2D eigenvalue weighted by atomic mass is 9.93. The second-order valence-electron chi connectivity index (χ2n) is 8.70. The Morgan fingerprint density at radius 3 is 2.71 bits per heavy atom. The van der Waals surface area contributed by atoms with Gasteiger partial charge >= 0.3 is 0 Å². The SMILES string of the molecule is Cc1cc(-c2n[nH]c(-c3ccc(C4CN(C)CCO4)cc3)c2C(C)C)cn2ncnc12. The van der Waals surface area contributed by atoms with E-state index in [4.69, 9.17) is 9.84 Å². The topological polar surface area (TPSA) is 71.3 Å². The summed E-state index contributed by atoms with van der Waals surface area (Å²) in [6.07, 6.45) is 3.72. The minimum absolute atomic E-state index is 0.132. The first-order chi connectivity index (χ1) is 15.0. The lowest BCUT2D eigenvalue weighted by Gasteiger charge is -2.30. The highest BCUT2D eigenvalue weighted by Gasteiger charge is 2.22. The predicted molar refractivity (Wildman–Crippen MR) is 121 cm³/mol. The van der Waals surface area contributed by atoms with Crippen molar-refractivity contribution in [1.82, 2.24) is 29.7 Å². The van der Waals surface area contributed by atoms with Crippen molar-refractivity contribution in [3.8, 4) is 22.5 Å². The summed E-state index contributed by atoms with van der Waals surface area (Å²) in [6, 6.07) is 10.8. The third kappa shape index (κ3) is 3.64. The van der Waals surface area contributed by atoms with Gasteiger partial charge in [-0.15, -0.1) is 0 Å². The molecule has 1 aliphatic rings. The zero-order valence-corrected chi connectivity index (χ0v) is 18.5. The van der Waals surface area contributed by atoms with E-state index in [1.807, 2.05) is 10.7 Å².